The normalized spacial score (nSPS) is 17.8. The molecule has 2 nitrogen and oxygen atoms in total. The first-order valence-electron chi connectivity index (χ1n) is 7.18. The van der Waals surface area contributed by atoms with Crippen molar-refractivity contribution in [3.8, 4) is 0 Å². The van der Waals surface area contributed by atoms with Crippen molar-refractivity contribution in [2.24, 2.45) is 4.99 Å². The Balaban J connectivity index is 1.92. The van der Waals surface area contributed by atoms with E-state index in [2.05, 4.69) is 16.8 Å². The van der Waals surface area contributed by atoms with Crippen LogP contribution in [0.5, 0.6) is 0 Å². The fourth-order valence-corrected chi connectivity index (χ4v) is 5.08. The molecule has 0 aliphatic carbocycles. The number of hydrogen-bond acceptors (Lipinski definition) is 4. The second-order valence-electron chi connectivity index (χ2n) is 5.20. The maximum atomic E-state index is 14.0. The summed E-state index contributed by atoms with van der Waals surface area (Å²) in [6, 6.07) is 5.56. The monoisotopic (exact) mass is 318 g/mol. The Bertz CT molecular complexity index is 776. The van der Waals surface area contributed by atoms with E-state index in [0.29, 0.717) is 0 Å². The molecule has 5 heteroatoms. The molecule has 0 unspecified atom stereocenters. The number of aliphatic imine (C=N–C) groups is 1. The predicted octanol–water partition coefficient (Wildman–Crippen LogP) is 4.93. The molecule has 0 saturated heterocycles. The molecule has 2 aromatic rings. The van der Waals surface area contributed by atoms with Crippen LogP contribution in [0.2, 0.25) is 0 Å². The lowest BCUT2D eigenvalue weighted by atomic mass is 10.0. The zero-order valence-corrected chi connectivity index (χ0v) is 13.4. The first-order valence-corrected chi connectivity index (χ1v) is 8.88. The lowest BCUT2D eigenvalue weighted by Gasteiger charge is -2.18. The first-order chi connectivity index (χ1) is 10.3. The predicted molar refractivity (Wildman–Crippen MR) is 90.2 cm³/mol. The Labute approximate surface area is 131 Å². The smallest absolute Gasteiger partial charge is 0.168 e. The first kappa shape index (κ1) is 13.3. The Morgan fingerprint density at radius 1 is 1.33 bits per heavy atom. The average molecular weight is 318 g/mol. The topological polar surface area (TPSA) is 15.6 Å². The van der Waals surface area contributed by atoms with Crippen molar-refractivity contribution in [2.75, 3.05) is 13.1 Å². The van der Waals surface area contributed by atoms with Crippen LogP contribution in [0.25, 0.3) is 15.8 Å². The highest BCUT2D eigenvalue weighted by Gasteiger charge is 2.33. The second-order valence-corrected chi connectivity index (χ2v) is 7.18. The van der Waals surface area contributed by atoms with Gasteiger partial charge in [0.25, 0.3) is 0 Å². The van der Waals surface area contributed by atoms with Crippen molar-refractivity contribution in [1.29, 1.82) is 0 Å². The summed E-state index contributed by atoms with van der Waals surface area (Å²) in [5.74, 6) is -0.123. The summed E-state index contributed by atoms with van der Waals surface area (Å²) in [5.41, 5.74) is 2.40. The van der Waals surface area contributed by atoms with Gasteiger partial charge in [0.1, 0.15) is 5.82 Å². The van der Waals surface area contributed by atoms with E-state index >= 15 is 0 Å². The standard InChI is InChI=1S/C16H15FN2S2/c1-2-3-13-14(19-8-7-18-16(19)21-13)10-4-5-12(17)15-11(10)6-9-20-15/h4-6,9H,2-3,7-8H2,1H3. The van der Waals surface area contributed by atoms with Gasteiger partial charge in [-0.05, 0) is 30.0 Å². The van der Waals surface area contributed by atoms with Crippen molar-refractivity contribution < 1.29 is 4.39 Å². The Morgan fingerprint density at radius 2 is 2.24 bits per heavy atom. The minimum atomic E-state index is -0.123. The van der Waals surface area contributed by atoms with Gasteiger partial charge in [-0.1, -0.05) is 25.1 Å². The number of fused-ring (bicyclic) bond motifs is 2. The van der Waals surface area contributed by atoms with E-state index in [-0.39, 0.29) is 5.82 Å². The summed E-state index contributed by atoms with van der Waals surface area (Å²) in [6.07, 6.45) is 2.17. The molecule has 0 fully saturated rings. The lowest BCUT2D eigenvalue weighted by Crippen LogP contribution is -2.20. The number of benzene rings is 1. The molecule has 0 amide bonds. The Morgan fingerprint density at radius 3 is 3.10 bits per heavy atom. The summed E-state index contributed by atoms with van der Waals surface area (Å²) in [6.45, 7) is 3.99. The van der Waals surface area contributed by atoms with Crippen LogP contribution in [-0.4, -0.2) is 23.2 Å². The maximum Gasteiger partial charge on any atom is 0.168 e. The van der Waals surface area contributed by atoms with Gasteiger partial charge in [0, 0.05) is 22.4 Å². The van der Waals surface area contributed by atoms with Gasteiger partial charge in [0.2, 0.25) is 0 Å². The van der Waals surface area contributed by atoms with E-state index in [0.717, 1.165) is 46.7 Å². The summed E-state index contributed by atoms with van der Waals surface area (Å²) in [7, 11) is 0. The minimum absolute atomic E-state index is 0.123. The fraction of sp³-hybridized carbons (Fsp3) is 0.312. The summed E-state index contributed by atoms with van der Waals surface area (Å²) < 4.78 is 14.7. The van der Waals surface area contributed by atoms with Gasteiger partial charge >= 0.3 is 0 Å². The summed E-state index contributed by atoms with van der Waals surface area (Å²) in [4.78, 5) is 8.26. The minimum Gasteiger partial charge on any atom is -0.318 e. The quantitative estimate of drug-likeness (QED) is 0.797. The number of hydrogen-bond donors (Lipinski definition) is 0. The van der Waals surface area contributed by atoms with E-state index < -0.39 is 0 Å². The number of nitrogens with zero attached hydrogens (tertiary/aromatic N) is 2. The van der Waals surface area contributed by atoms with Crippen molar-refractivity contribution in [3.05, 3.63) is 39.9 Å². The number of thiophene rings is 1. The molecule has 2 aliphatic heterocycles. The summed E-state index contributed by atoms with van der Waals surface area (Å²) >= 11 is 3.26. The highest BCUT2D eigenvalue weighted by Crippen LogP contribution is 2.45. The van der Waals surface area contributed by atoms with Crippen molar-refractivity contribution in [3.63, 3.8) is 0 Å². The van der Waals surface area contributed by atoms with Crippen LogP contribution in [0.15, 0.2) is 33.5 Å². The zero-order valence-electron chi connectivity index (χ0n) is 11.7. The van der Waals surface area contributed by atoms with Crippen LogP contribution < -0.4 is 0 Å². The maximum absolute atomic E-state index is 14.0. The summed E-state index contributed by atoms with van der Waals surface area (Å²) in [5, 5.41) is 4.11. The van der Waals surface area contributed by atoms with Crippen LogP contribution in [0.4, 0.5) is 4.39 Å². The van der Waals surface area contributed by atoms with Crippen LogP contribution in [0.3, 0.4) is 0 Å². The van der Waals surface area contributed by atoms with Crippen LogP contribution in [0.1, 0.15) is 25.3 Å². The van der Waals surface area contributed by atoms with Crippen LogP contribution >= 0.6 is 23.1 Å². The van der Waals surface area contributed by atoms with Gasteiger partial charge in [-0.25, -0.2) is 4.39 Å². The van der Waals surface area contributed by atoms with Crippen LogP contribution in [-0.2, 0) is 0 Å². The van der Waals surface area contributed by atoms with Gasteiger partial charge in [0.05, 0.1) is 16.9 Å². The number of amidine groups is 1. The Kier molecular flexibility index (Phi) is 3.27. The van der Waals surface area contributed by atoms with Gasteiger partial charge in [-0.2, -0.15) is 0 Å². The van der Waals surface area contributed by atoms with E-state index in [4.69, 9.17) is 0 Å². The molecule has 1 aromatic carbocycles. The molecule has 2 aliphatic rings. The molecular formula is C16H15FN2S2. The third-order valence-corrected chi connectivity index (χ3v) is 5.95. The largest absolute Gasteiger partial charge is 0.318 e. The molecule has 0 atom stereocenters. The highest BCUT2D eigenvalue weighted by atomic mass is 32.2. The van der Waals surface area contributed by atoms with Crippen molar-refractivity contribution in [1.82, 2.24) is 4.90 Å². The van der Waals surface area contributed by atoms with Gasteiger partial charge in [-0.3, -0.25) is 4.99 Å². The molecule has 0 radical (unpaired) electrons. The lowest BCUT2D eigenvalue weighted by molar-refractivity contribution is 0.638. The average Bonchev–Trinajstić information content (AvgIpc) is 3.15. The van der Waals surface area contributed by atoms with E-state index in [1.54, 1.807) is 17.8 Å². The van der Waals surface area contributed by atoms with E-state index in [1.807, 2.05) is 17.5 Å². The van der Waals surface area contributed by atoms with Crippen molar-refractivity contribution >= 4 is 44.0 Å². The number of halogens is 1. The molecular weight excluding hydrogens is 303 g/mol. The van der Waals surface area contributed by atoms with Gasteiger partial charge in [0.15, 0.2) is 5.17 Å². The zero-order chi connectivity index (χ0) is 14.4. The van der Waals surface area contributed by atoms with Crippen molar-refractivity contribution in [2.45, 2.75) is 19.8 Å². The molecule has 4 rings (SSSR count). The molecule has 21 heavy (non-hydrogen) atoms. The highest BCUT2D eigenvalue weighted by molar-refractivity contribution is 8.17. The van der Waals surface area contributed by atoms with E-state index in [9.17, 15) is 4.39 Å². The molecule has 0 saturated carbocycles. The molecule has 108 valence electrons. The Hall–Kier alpha value is -1.33. The number of allylic oxidation sites excluding steroid dienone is 1. The molecule has 0 bridgehead atoms. The third kappa shape index (κ3) is 2.02. The fourth-order valence-electron chi connectivity index (χ4n) is 2.96. The second kappa shape index (κ2) is 5.14. The SMILES string of the molecule is CCCC1=C(c2ccc(F)c3sccc23)N2CCN=C2S1. The number of rotatable bonds is 3. The molecule has 1 aromatic heterocycles. The van der Waals surface area contributed by atoms with Gasteiger partial charge in [-0.15, -0.1) is 11.3 Å². The molecule has 0 spiro atoms. The van der Waals surface area contributed by atoms with Crippen LogP contribution in [0, 0.1) is 5.82 Å². The third-order valence-electron chi connectivity index (χ3n) is 3.85. The van der Waals surface area contributed by atoms with Gasteiger partial charge < -0.3 is 4.90 Å². The number of thioether (sulfide) groups is 1. The van der Waals surface area contributed by atoms with E-state index in [1.165, 1.54) is 21.9 Å². The molecule has 3 heterocycles. The molecule has 0 N–H and O–H groups in total.